The largest absolute Gasteiger partial charge is 0.480 e. The second-order valence-electron chi connectivity index (χ2n) is 6.82. The number of aryl methyl sites for hydroxylation is 1. The molecule has 5 nitrogen and oxygen atoms in total. The highest BCUT2D eigenvalue weighted by atomic mass is 31.2. The van der Waals surface area contributed by atoms with Gasteiger partial charge >= 0.3 is 5.97 Å². The Morgan fingerprint density at radius 3 is 1.83 bits per heavy atom. The van der Waals surface area contributed by atoms with E-state index in [0.29, 0.717) is 5.56 Å². The number of amides is 1. The SMILES string of the molecule is CC(=O)NC(C(=O)O)C(c1ccc(C)cc1)P(=O)(C(C)C)C(C)C. The zero-order chi connectivity index (χ0) is 18.7. The third kappa shape index (κ3) is 4.27. The second kappa shape index (κ2) is 7.98. The lowest BCUT2D eigenvalue weighted by atomic mass is 10.0. The van der Waals surface area contributed by atoms with Crippen molar-refractivity contribution in [3.8, 4) is 0 Å². The summed E-state index contributed by atoms with van der Waals surface area (Å²) in [4.78, 5) is 23.4. The third-order valence-electron chi connectivity index (χ3n) is 4.41. The van der Waals surface area contributed by atoms with Crippen LogP contribution in [0.2, 0.25) is 0 Å². The predicted octanol–water partition coefficient (Wildman–Crippen LogP) is 3.81. The molecule has 0 heterocycles. The zero-order valence-corrected chi connectivity index (χ0v) is 16.1. The molecule has 0 saturated carbocycles. The Balaban J connectivity index is 3.61. The number of carbonyl (C=O) groups excluding carboxylic acids is 1. The fourth-order valence-electron chi connectivity index (χ4n) is 3.16. The maximum Gasteiger partial charge on any atom is 0.327 e. The highest BCUT2D eigenvalue weighted by Crippen LogP contribution is 2.67. The van der Waals surface area contributed by atoms with Gasteiger partial charge in [0.25, 0.3) is 0 Å². The van der Waals surface area contributed by atoms with Crippen LogP contribution in [0.25, 0.3) is 0 Å². The Hall–Kier alpha value is -1.61. The summed E-state index contributed by atoms with van der Waals surface area (Å²) in [5.74, 6) is -1.61. The van der Waals surface area contributed by atoms with E-state index in [9.17, 15) is 19.3 Å². The van der Waals surface area contributed by atoms with E-state index < -0.39 is 30.7 Å². The van der Waals surface area contributed by atoms with Crippen molar-refractivity contribution >= 4 is 19.0 Å². The van der Waals surface area contributed by atoms with E-state index in [0.717, 1.165) is 5.56 Å². The molecule has 0 spiro atoms. The molecule has 24 heavy (non-hydrogen) atoms. The van der Waals surface area contributed by atoms with Crippen LogP contribution in [0.1, 0.15) is 51.4 Å². The number of rotatable bonds is 7. The lowest BCUT2D eigenvalue weighted by molar-refractivity contribution is -0.141. The molecule has 0 aromatic heterocycles. The van der Waals surface area contributed by atoms with Gasteiger partial charge in [-0.25, -0.2) is 4.79 Å². The summed E-state index contributed by atoms with van der Waals surface area (Å²) in [5, 5.41) is 12.2. The van der Waals surface area contributed by atoms with Gasteiger partial charge in [-0.3, -0.25) is 4.79 Å². The Morgan fingerprint density at radius 1 is 1.04 bits per heavy atom. The molecule has 134 valence electrons. The van der Waals surface area contributed by atoms with Crippen molar-refractivity contribution < 1.29 is 19.3 Å². The van der Waals surface area contributed by atoms with E-state index in [-0.39, 0.29) is 11.3 Å². The quantitative estimate of drug-likeness (QED) is 0.730. The minimum Gasteiger partial charge on any atom is -0.480 e. The maximum absolute atomic E-state index is 13.9. The van der Waals surface area contributed by atoms with Crippen molar-refractivity contribution in [1.82, 2.24) is 5.32 Å². The number of carbonyl (C=O) groups is 2. The number of nitrogens with one attached hydrogen (secondary N) is 1. The van der Waals surface area contributed by atoms with Gasteiger partial charge in [-0.05, 0) is 12.5 Å². The molecule has 6 heteroatoms. The molecule has 2 N–H and O–H groups in total. The maximum atomic E-state index is 13.9. The summed E-state index contributed by atoms with van der Waals surface area (Å²) in [6, 6.07) is 6.16. The van der Waals surface area contributed by atoms with E-state index in [1.807, 2.05) is 58.9 Å². The molecule has 0 saturated heterocycles. The Kier molecular flexibility index (Phi) is 6.79. The summed E-state index contributed by atoms with van der Waals surface area (Å²) in [7, 11) is -2.97. The van der Waals surface area contributed by atoms with Crippen LogP contribution in [-0.2, 0) is 14.2 Å². The molecule has 1 aromatic rings. The number of hydrogen-bond acceptors (Lipinski definition) is 3. The summed E-state index contributed by atoms with van der Waals surface area (Å²) in [6.45, 7) is 10.6. The van der Waals surface area contributed by atoms with E-state index in [4.69, 9.17) is 0 Å². The monoisotopic (exact) mass is 353 g/mol. The molecule has 2 unspecified atom stereocenters. The van der Waals surface area contributed by atoms with Gasteiger partial charge in [0.2, 0.25) is 5.91 Å². The first kappa shape index (κ1) is 20.4. The molecule has 0 bridgehead atoms. The first-order valence-corrected chi connectivity index (χ1v) is 10.1. The minimum absolute atomic E-state index is 0.195. The van der Waals surface area contributed by atoms with Crippen LogP contribution >= 0.6 is 7.14 Å². The normalized spacial score (nSPS) is 14.5. The summed E-state index contributed by atoms with van der Waals surface area (Å²) < 4.78 is 13.9. The molecule has 0 aliphatic rings. The van der Waals surface area contributed by atoms with E-state index >= 15 is 0 Å². The van der Waals surface area contributed by atoms with Crippen LogP contribution in [0.3, 0.4) is 0 Å². The molecule has 0 fully saturated rings. The summed E-state index contributed by atoms with van der Waals surface area (Å²) >= 11 is 0. The molecule has 2 atom stereocenters. The second-order valence-corrected chi connectivity index (χ2v) is 11.0. The fraction of sp³-hybridized carbons (Fsp3) is 0.556. The molecule has 0 aliphatic heterocycles. The Bertz CT molecular complexity index is 625. The summed E-state index contributed by atoms with van der Waals surface area (Å²) in [5.41, 5.74) is 0.568. The van der Waals surface area contributed by atoms with Crippen LogP contribution in [-0.4, -0.2) is 34.3 Å². The van der Waals surface area contributed by atoms with Crippen molar-refractivity contribution in [2.45, 2.75) is 64.6 Å². The molecule has 1 rings (SSSR count). The van der Waals surface area contributed by atoms with Gasteiger partial charge in [-0.2, -0.15) is 0 Å². The highest BCUT2D eigenvalue weighted by Gasteiger charge is 2.47. The van der Waals surface area contributed by atoms with Crippen molar-refractivity contribution in [2.24, 2.45) is 0 Å². The van der Waals surface area contributed by atoms with Crippen LogP contribution in [0, 0.1) is 6.92 Å². The average Bonchev–Trinajstić information content (AvgIpc) is 2.47. The van der Waals surface area contributed by atoms with Gasteiger partial charge in [0.05, 0.1) is 5.66 Å². The van der Waals surface area contributed by atoms with Gasteiger partial charge in [0.15, 0.2) is 0 Å². The lowest BCUT2D eigenvalue weighted by Crippen LogP contribution is -2.45. The molecule has 0 radical (unpaired) electrons. The minimum atomic E-state index is -2.97. The smallest absolute Gasteiger partial charge is 0.327 e. The number of hydrogen-bond donors (Lipinski definition) is 2. The number of aliphatic carboxylic acids is 1. The lowest BCUT2D eigenvalue weighted by Gasteiger charge is -2.37. The number of carboxylic acid groups (broad SMARTS) is 1. The average molecular weight is 353 g/mol. The van der Waals surface area contributed by atoms with Gasteiger partial charge in [0.1, 0.15) is 13.2 Å². The first-order chi connectivity index (χ1) is 11.0. The van der Waals surface area contributed by atoms with Crippen LogP contribution < -0.4 is 5.32 Å². The predicted molar refractivity (Wildman–Crippen MR) is 97.0 cm³/mol. The zero-order valence-electron chi connectivity index (χ0n) is 15.2. The molecule has 0 aliphatic carbocycles. The molecule has 1 aromatic carbocycles. The fourth-order valence-corrected chi connectivity index (χ4v) is 6.94. The summed E-state index contributed by atoms with van der Waals surface area (Å²) in [6.07, 6.45) is 0. The number of benzene rings is 1. The van der Waals surface area contributed by atoms with Crippen molar-refractivity contribution in [2.75, 3.05) is 0 Å². The molecular weight excluding hydrogens is 325 g/mol. The third-order valence-corrected chi connectivity index (χ3v) is 9.10. The van der Waals surface area contributed by atoms with Crippen molar-refractivity contribution in [1.29, 1.82) is 0 Å². The van der Waals surface area contributed by atoms with Crippen molar-refractivity contribution in [3.05, 3.63) is 35.4 Å². The van der Waals surface area contributed by atoms with E-state index in [2.05, 4.69) is 5.32 Å². The topological polar surface area (TPSA) is 83.5 Å². The number of carboxylic acids is 1. The van der Waals surface area contributed by atoms with Crippen LogP contribution in [0.15, 0.2) is 24.3 Å². The molecule has 1 amide bonds. The van der Waals surface area contributed by atoms with Gasteiger partial charge in [-0.1, -0.05) is 57.5 Å². The Labute approximate surface area is 144 Å². The van der Waals surface area contributed by atoms with Crippen molar-refractivity contribution in [3.63, 3.8) is 0 Å². The van der Waals surface area contributed by atoms with Gasteiger partial charge in [-0.15, -0.1) is 0 Å². The van der Waals surface area contributed by atoms with Crippen LogP contribution in [0.4, 0.5) is 0 Å². The standard InChI is InChI=1S/C18H28NO4P/c1-11(2)24(23,12(3)4)17(15-9-7-13(5)8-10-15)16(18(21)22)19-14(6)20/h7-12,16-17H,1-6H3,(H,19,20)(H,21,22). The molecular formula is C18H28NO4P. The van der Waals surface area contributed by atoms with Gasteiger partial charge in [0, 0.05) is 18.2 Å². The van der Waals surface area contributed by atoms with E-state index in [1.165, 1.54) is 6.92 Å². The van der Waals surface area contributed by atoms with Gasteiger partial charge < -0.3 is 15.0 Å². The van der Waals surface area contributed by atoms with E-state index in [1.54, 1.807) is 0 Å². The Morgan fingerprint density at radius 2 is 1.50 bits per heavy atom. The first-order valence-electron chi connectivity index (χ1n) is 8.17. The van der Waals surface area contributed by atoms with Crippen LogP contribution in [0.5, 0.6) is 0 Å². The highest BCUT2D eigenvalue weighted by molar-refractivity contribution is 7.65.